The molecule has 0 atom stereocenters. The van der Waals surface area contributed by atoms with Gasteiger partial charge in [0.05, 0.1) is 27.9 Å². The standard InChI is InChI=1S/C4H6INS/c5-6-4-2-1-3-7-4/h1-3H2. The van der Waals surface area contributed by atoms with Gasteiger partial charge in [0, 0.05) is 0 Å². The lowest BCUT2D eigenvalue weighted by molar-refractivity contribution is 1.05. The minimum atomic E-state index is 1.22. The molecule has 1 nitrogen and oxygen atoms in total. The fourth-order valence-corrected chi connectivity index (χ4v) is 2.07. The first-order valence-electron chi connectivity index (χ1n) is 2.24. The van der Waals surface area contributed by atoms with E-state index < -0.39 is 0 Å². The first-order chi connectivity index (χ1) is 3.43. The van der Waals surface area contributed by atoms with Crippen LogP contribution in [0.25, 0.3) is 0 Å². The Hall–Kier alpha value is 0.750. The van der Waals surface area contributed by atoms with Crippen molar-refractivity contribution in [3.8, 4) is 0 Å². The lowest BCUT2D eigenvalue weighted by Crippen LogP contribution is -1.75. The van der Waals surface area contributed by atoms with E-state index in [2.05, 4.69) is 26.1 Å². The van der Waals surface area contributed by atoms with Crippen LogP contribution in [0.15, 0.2) is 3.21 Å². The summed E-state index contributed by atoms with van der Waals surface area (Å²) in [6, 6.07) is 0. The van der Waals surface area contributed by atoms with E-state index in [0.29, 0.717) is 0 Å². The summed E-state index contributed by atoms with van der Waals surface area (Å²) in [6.07, 6.45) is 2.54. The van der Waals surface area contributed by atoms with E-state index in [1.165, 1.54) is 23.6 Å². The van der Waals surface area contributed by atoms with E-state index in [9.17, 15) is 0 Å². The van der Waals surface area contributed by atoms with Crippen LogP contribution in [-0.2, 0) is 0 Å². The SMILES string of the molecule is IN=C1CCCS1. The molecule has 0 aromatic heterocycles. The highest BCUT2D eigenvalue weighted by molar-refractivity contribution is 14.1. The van der Waals surface area contributed by atoms with E-state index in [1.54, 1.807) is 0 Å². The highest BCUT2D eigenvalue weighted by Crippen LogP contribution is 2.21. The van der Waals surface area contributed by atoms with Crippen LogP contribution < -0.4 is 0 Å². The molecule has 1 heterocycles. The van der Waals surface area contributed by atoms with Gasteiger partial charge in [-0.2, -0.15) is 0 Å². The Bertz CT molecular complexity index is 83.7. The van der Waals surface area contributed by atoms with Gasteiger partial charge in [-0.05, 0) is 18.6 Å². The normalized spacial score (nSPS) is 26.7. The molecule has 7 heavy (non-hydrogen) atoms. The van der Waals surface area contributed by atoms with E-state index >= 15 is 0 Å². The molecule has 1 fully saturated rings. The summed E-state index contributed by atoms with van der Waals surface area (Å²) < 4.78 is 4.04. The summed E-state index contributed by atoms with van der Waals surface area (Å²) in [5.74, 6) is 1.28. The van der Waals surface area contributed by atoms with Crippen molar-refractivity contribution in [3.05, 3.63) is 0 Å². The zero-order valence-electron chi connectivity index (χ0n) is 3.85. The molecule has 1 aliphatic heterocycles. The van der Waals surface area contributed by atoms with E-state index in [0.717, 1.165) is 0 Å². The van der Waals surface area contributed by atoms with Crippen molar-refractivity contribution in [1.29, 1.82) is 0 Å². The number of rotatable bonds is 0. The third-order valence-corrected chi connectivity index (χ3v) is 2.93. The summed E-state index contributed by atoms with van der Waals surface area (Å²) in [7, 11) is 0. The first kappa shape index (κ1) is 5.88. The quantitative estimate of drug-likeness (QED) is 0.578. The van der Waals surface area contributed by atoms with Crippen LogP contribution in [0.4, 0.5) is 0 Å². The van der Waals surface area contributed by atoms with Gasteiger partial charge in [0.25, 0.3) is 0 Å². The van der Waals surface area contributed by atoms with Crippen molar-refractivity contribution in [2.24, 2.45) is 3.21 Å². The zero-order chi connectivity index (χ0) is 5.11. The van der Waals surface area contributed by atoms with Crippen molar-refractivity contribution in [3.63, 3.8) is 0 Å². The van der Waals surface area contributed by atoms with E-state index in [4.69, 9.17) is 0 Å². The highest BCUT2D eigenvalue weighted by Gasteiger charge is 2.06. The molecule has 0 aliphatic carbocycles. The fourth-order valence-electron chi connectivity index (χ4n) is 0.552. The van der Waals surface area contributed by atoms with Gasteiger partial charge in [-0.1, -0.05) is 0 Å². The third-order valence-electron chi connectivity index (χ3n) is 0.898. The number of hydrogen-bond acceptors (Lipinski definition) is 2. The first-order valence-corrected chi connectivity index (χ1v) is 4.19. The predicted molar refractivity (Wildman–Crippen MR) is 43.1 cm³/mol. The fraction of sp³-hybridized carbons (Fsp3) is 0.750. The number of nitrogens with zero attached hydrogens (tertiary/aromatic N) is 1. The maximum atomic E-state index is 4.04. The Labute approximate surface area is 61.5 Å². The Kier molecular flexibility index (Phi) is 2.45. The predicted octanol–water partition coefficient (Wildman–Crippen LogP) is 2.26. The molecule has 1 rings (SSSR count). The second kappa shape index (κ2) is 2.91. The average molecular weight is 227 g/mol. The summed E-state index contributed by atoms with van der Waals surface area (Å²) in [5.41, 5.74) is 0. The minimum absolute atomic E-state index is 1.22. The van der Waals surface area contributed by atoms with Crippen molar-refractivity contribution in [2.75, 3.05) is 5.75 Å². The van der Waals surface area contributed by atoms with E-state index in [1.807, 2.05) is 11.8 Å². The monoisotopic (exact) mass is 227 g/mol. The van der Waals surface area contributed by atoms with Gasteiger partial charge in [0.15, 0.2) is 0 Å². The van der Waals surface area contributed by atoms with Gasteiger partial charge in [-0.3, -0.25) is 0 Å². The molecule has 0 N–H and O–H groups in total. The molecule has 1 aliphatic rings. The van der Waals surface area contributed by atoms with Crippen LogP contribution in [0.2, 0.25) is 0 Å². The Morgan fingerprint density at radius 1 is 1.71 bits per heavy atom. The summed E-state index contributed by atoms with van der Waals surface area (Å²) in [6.45, 7) is 0. The van der Waals surface area contributed by atoms with E-state index in [-0.39, 0.29) is 0 Å². The van der Waals surface area contributed by atoms with Gasteiger partial charge in [0.1, 0.15) is 0 Å². The molecule has 0 aromatic carbocycles. The molecule has 1 saturated heterocycles. The molecule has 0 radical (unpaired) electrons. The van der Waals surface area contributed by atoms with Crippen molar-refractivity contribution in [2.45, 2.75) is 12.8 Å². The van der Waals surface area contributed by atoms with Crippen molar-refractivity contribution in [1.82, 2.24) is 0 Å². The number of thioether (sulfide) groups is 1. The maximum Gasteiger partial charge on any atom is 0.0840 e. The van der Waals surface area contributed by atoms with Crippen LogP contribution in [-0.4, -0.2) is 10.8 Å². The molecule has 0 amide bonds. The third kappa shape index (κ3) is 1.60. The second-order valence-corrected chi connectivity index (χ2v) is 3.08. The van der Waals surface area contributed by atoms with Crippen LogP contribution in [0.1, 0.15) is 12.8 Å². The van der Waals surface area contributed by atoms with Crippen LogP contribution >= 0.6 is 34.6 Å². The summed E-state index contributed by atoms with van der Waals surface area (Å²) in [4.78, 5) is 0. The Morgan fingerprint density at radius 2 is 2.57 bits per heavy atom. The Balaban J connectivity index is 2.41. The van der Waals surface area contributed by atoms with Crippen LogP contribution in [0.3, 0.4) is 0 Å². The van der Waals surface area contributed by atoms with Gasteiger partial charge in [0.2, 0.25) is 0 Å². The zero-order valence-corrected chi connectivity index (χ0v) is 6.83. The smallest absolute Gasteiger partial charge is 0.0840 e. The van der Waals surface area contributed by atoms with Gasteiger partial charge in [-0.25, -0.2) is 3.21 Å². The van der Waals surface area contributed by atoms with Crippen molar-refractivity contribution < 1.29 is 0 Å². The summed E-state index contributed by atoms with van der Waals surface area (Å²) in [5, 5.41) is 1.32. The molecular formula is C4H6INS. The van der Waals surface area contributed by atoms with Gasteiger partial charge >= 0.3 is 0 Å². The molecule has 0 spiro atoms. The van der Waals surface area contributed by atoms with Crippen LogP contribution in [0.5, 0.6) is 0 Å². The molecular weight excluding hydrogens is 221 g/mol. The molecule has 0 aromatic rings. The average Bonchev–Trinajstić information content (AvgIpc) is 2.14. The molecule has 40 valence electrons. The van der Waals surface area contributed by atoms with Crippen LogP contribution in [0, 0.1) is 0 Å². The Morgan fingerprint density at radius 3 is 2.86 bits per heavy atom. The second-order valence-electron chi connectivity index (χ2n) is 1.43. The lowest BCUT2D eigenvalue weighted by Gasteiger charge is -1.81. The largest absolute Gasteiger partial charge is 0.213 e. The molecule has 0 saturated carbocycles. The lowest BCUT2D eigenvalue weighted by atomic mass is 10.4. The topological polar surface area (TPSA) is 12.4 Å². The van der Waals surface area contributed by atoms with Gasteiger partial charge < -0.3 is 0 Å². The summed E-state index contributed by atoms with van der Waals surface area (Å²) >= 11 is 3.94. The van der Waals surface area contributed by atoms with Gasteiger partial charge in [-0.15, -0.1) is 11.8 Å². The number of halogens is 1. The number of hydrogen-bond donors (Lipinski definition) is 0. The molecule has 0 bridgehead atoms. The van der Waals surface area contributed by atoms with Crippen molar-refractivity contribution >= 4 is 39.7 Å². The molecule has 0 unspecified atom stereocenters. The molecule has 3 heteroatoms. The highest BCUT2D eigenvalue weighted by atomic mass is 127. The maximum absolute atomic E-state index is 4.04. The minimum Gasteiger partial charge on any atom is -0.213 e.